The van der Waals surface area contributed by atoms with Crippen LogP contribution in [0.2, 0.25) is 10.0 Å². The third-order valence-electron chi connectivity index (χ3n) is 2.67. The van der Waals surface area contributed by atoms with Crippen LogP contribution in [-0.4, -0.2) is 42.8 Å². The van der Waals surface area contributed by atoms with Gasteiger partial charge in [0.05, 0.1) is 13.2 Å². The maximum atomic E-state index is 10.1. The summed E-state index contributed by atoms with van der Waals surface area (Å²) in [6.07, 6.45) is 0.788. The van der Waals surface area contributed by atoms with E-state index in [2.05, 4.69) is 5.32 Å². The molecule has 2 rings (SSSR count). The topological polar surface area (TPSA) is 95.6 Å². The molecule has 138 valence electrons. The van der Waals surface area contributed by atoms with E-state index in [1.54, 1.807) is 24.3 Å². The second-order valence-corrected chi connectivity index (χ2v) is 5.58. The van der Waals surface area contributed by atoms with Crippen LogP contribution in [-0.2, 0) is 6.54 Å². The molecule has 0 spiro atoms. The number of aldehydes is 1. The molecule has 0 amide bonds. The molecule has 25 heavy (non-hydrogen) atoms. The lowest BCUT2D eigenvalue weighted by atomic mass is 10.2. The number of carbonyl (C=O) groups is 1. The number of benzene rings is 2. The van der Waals surface area contributed by atoms with Crippen LogP contribution >= 0.6 is 23.2 Å². The van der Waals surface area contributed by atoms with E-state index in [4.69, 9.17) is 39.1 Å². The highest BCUT2D eigenvalue weighted by Gasteiger charge is 1.91. The van der Waals surface area contributed by atoms with Crippen LogP contribution in [0.1, 0.15) is 15.9 Å². The van der Waals surface area contributed by atoms with Crippen LogP contribution in [0, 0.1) is 0 Å². The minimum atomic E-state index is 0.0972. The number of hydrogen-bond acceptors (Lipinski definition) is 5. The third-order valence-corrected chi connectivity index (χ3v) is 3.17. The molecule has 2 aromatic rings. The Hall–Kier alpha value is -1.47. The molecule has 0 fully saturated rings. The van der Waals surface area contributed by atoms with Crippen LogP contribution in [0.25, 0.3) is 0 Å². The second kappa shape index (κ2) is 16.0. The van der Waals surface area contributed by atoms with Gasteiger partial charge < -0.3 is 21.3 Å². The fourth-order valence-electron chi connectivity index (χ4n) is 1.46. The van der Waals surface area contributed by atoms with Crippen molar-refractivity contribution in [2.45, 2.75) is 6.54 Å². The van der Waals surface area contributed by atoms with E-state index in [9.17, 15) is 4.79 Å². The van der Waals surface area contributed by atoms with Gasteiger partial charge in [-0.1, -0.05) is 47.5 Å². The van der Waals surface area contributed by atoms with E-state index in [0.29, 0.717) is 23.7 Å². The highest BCUT2D eigenvalue weighted by Crippen LogP contribution is 2.09. The van der Waals surface area contributed by atoms with E-state index in [1.807, 2.05) is 24.3 Å². The summed E-state index contributed by atoms with van der Waals surface area (Å²) in [6.45, 7) is 2.05. The average molecular weight is 387 g/mol. The van der Waals surface area contributed by atoms with Crippen molar-refractivity contribution < 1.29 is 15.0 Å². The highest BCUT2D eigenvalue weighted by atomic mass is 35.5. The summed E-state index contributed by atoms with van der Waals surface area (Å²) in [4.78, 5) is 10.1. The van der Waals surface area contributed by atoms with Crippen LogP contribution in [0.4, 0.5) is 0 Å². The molecule has 2 aromatic carbocycles. The van der Waals surface area contributed by atoms with Crippen molar-refractivity contribution in [3.63, 3.8) is 0 Å². The van der Waals surface area contributed by atoms with Crippen LogP contribution in [0.3, 0.4) is 0 Å². The lowest BCUT2D eigenvalue weighted by Gasteiger charge is -2.02. The maximum Gasteiger partial charge on any atom is 0.150 e. The molecule has 0 radical (unpaired) electrons. The van der Waals surface area contributed by atoms with Gasteiger partial charge in [0.25, 0.3) is 0 Å². The number of carbonyl (C=O) groups excluding carboxylic acids is 1. The van der Waals surface area contributed by atoms with Gasteiger partial charge in [0, 0.05) is 35.2 Å². The third kappa shape index (κ3) is 13.5. The molecule has 0 atom stereocenters. The van der Waals surface area contributed by atoms with Crippen molar-refractivity contribution in [3.05, 3.63) is 69.7 Å². The Bertz CT molecular complexity index is 562. The molecule has 5 N–H and O–H groups in total. The first-order chi connectivity index (χ1) is 12.1. The minimum Gasteiger partial charge on any atom is -0.395 e. The molecular weight excluding hydrogens is 363 g/mol. The molecule has 0 aromatic heterocycles. The SMILES string of the molecule is NCCO.O=Cc1ccc(Cl)cc1.OCCNCc1ccc(Cl)cc1. The van der Waals surface area contributed by atoms with E-state index in [-0.39, 0.29) is 13.2 Å². The Kier molecular flexibility index (Phi) is 15.1. The number of aliphatic hydroxyl groups excluding tert-OH is 2. The number of aliphatic hydroxyl groups is 2. The molecule has 0 saturated carbocycles. The van der Waals surface area contributed by atoms with Gasteiger partial charge in [-0.25, -0.2) is 0 Å². The standard InChI is InChI=1S/C9H12ClNO.C7H5ClO.C2H7NO/c10-9-3-1-8(2-4-9)7-11-5-6-12;8-7-3-1-6(5-9)2-4-7;3-1-2-4/h1-4,11-12H,5-7H2;1-5H;4H,1-3H2. The summed E-state index contributed by atoms with van der Waals surface area (Å²) >= 11 is 11.3. The molecule has 5 nitrogen and oxygen atoms in total. The molecule has 0 bridgehead atoms. The van der Waals surface area contributed by atoms with Crippen molar-refractivity contribution in [1.29, 1.82) is 0 Å². The molecule has 7 heteroatoms. The van der Waals surface area contributed by atoms with Gasteiger partial charge in [0.2, 0.25) is 0 Å². The largest absolute Gasteiger partial charge is 0.395 e. The predicted molar refractivity (Wildman–Crippen MR) is 103 cm³/mol. The lowest BCUT2D eigenvalue weighted by molar-refractivity contribution is 0.112. The van der Waals surface area contributed by atoms with Gasteiger partial charge in [-0.2, -0.15) is 0 Å². The number of halogens is 2. The lowest BCUT2D eigenvalue weighted by Crippen LogP contribution is -2.17. The number of rotatable bonds is 6. The average Bonchev–Trinajstić information content (AvgIpc) is 2.65. The molecule has 0 unspecified atom stereocenters. The Morgan fingerprint density at radius 1 is 0.920 bits per heavy atom. The first-order valence-corrected chi connectivity index (χ1v) is 8.40. The molecule has 0 saturated heterocycles. The fraction of sp³-hybridized carbons (Fsp3) is 0.278. The number of hydrogen-bond donors (Lipinski definition) is 4. The predicted octanol–water partition coefficient (Wildman–Crippen LogP) is 2.51. The van der Waals surface area contributed by atoms with Crippen molar-refractivity contribution in [1.82, 2.24) is 5.32 Å². The summed E-state index contributed by atoms with van der Waals surface area (Å²) in [5, 5.41) is 20.7. The molecule has 0 aliphatic rings. The van der Waals surface area contributed by atoms with Gasteiger partial charge in [-0.05, 0) is 29.8 Å². The second-order valence-electron chi connectivity index (χ2n) is 4.71. The molecular formula is C18H24Cl2N2O3. The summed E-state index contributed by atoms with van der Waals surface area (Å²) in [7, 11) is 0. The van der Waals surface area contributed by atoms with Gasteiger partial charge in [0.15, 0.2) is 0 Å². The smallest absolute Gasteiger partial charge is 0.150 e. The van der Waals surface area contributed by atoms with Crippen molar-refractivity contribution in [2.75, 3.05) is 26.3 Å². The maximum absolute atomic E-state index is 10.1. The first kappa shape index (κ1) is 23.5. The minimum absolute atomic E-state index is 0.0972. The molecule has 0 aliphatic heterocycles. The van der Waals surface area contributed by atoms with Gasteiger partial charge in [-0.3, -0.25) is 4.79 Å². The Morgan fingerprint density at radius 2 is 1.40 bits per heavy atom. The summed E-state index contributed by atoms with van der Waals surface area (Å²) < 4.78 is 0. The van der Waals surface area contributed by atoms with E-state index >= 15 is 0 Å². The summed E-state index contributed by atoms with van der Waals surface area (Å²) in [6, 6.07) is 14.4. The zero-order valence-electron chi connectivity index (χ0n) is 13.9. The summed E-state index contributed by atoms with van der Waals surface area (Å²) in [5.74, 6) is 0. The molecule has 0 heterocycles. The number of nitrogens with one attached hydrogen (secondary N) is 1. The Labute approximate surface area is 158 Å². The normalized spacial score (nSPS) is 9.32. The molecule has 0 aliphatic carbocycles. The fourth-order valence-corrected chi connectivity index (χ4v) is 1.71. The van der Waals surface area contributed by atoms with E-state index < -0.39 is 0 Å². The van der Waals surface area contributed by atoms with Crippen molar-refractivity contribution in [2.24, 2.45) is 5.73 Å². The van der Waals surface area contributed by atoms with Gasteiger partial charge >= 0.3 is 0 Å². The Balaban J connectivity index is 0.000000391. The van der Waals surface area contributed by atoms with Gasteiger partial charge in [-0.15, -0.1) is 0 Å². The Morgan fingerprint density at radius 3 is 1.80 bits per heavy atom. The van der Waals surface area contributed by atoms with Crippen molar-refractivity contribution >= 4 is 29.5 Å². The van der Waals surface area contributed by atoms with Crippen LogP contribution in [0.15, 0.2) is 48.5 Å². The zero-order valence-corrected chi connectivity index (χ0v) is 15.4. The summed E-state index contributed by atoms with van der Waals surface area (Å²) in [5.41, 5.74) is 6.60. The van der Waals surface area contributed by atoms with E-state index in [1.165, 1.54) is 5.56 Å². The van der Waals surface area contributed by atoms with Crippen LogP contribution < -0.4 is 11.1 Å². The highest BCUT2D eigenvalue weighted by molar-refractivity contribution is 6.30. The van der Waals surface area contributed by atoms with Crippen LogP contribution in [0.5, 0.6) is 0 Å². The zero-order chi connectivity index (χ0) is 18.9. The van der Waals surface area contributed by atoms with Crippen molar-refractivity contribution in [3.8, 4) is 0 Å². The van der Waals surface area contributed by atoms with E-state index in [0.717, 1.165) is 17.9 Å². The van der Waals surface area contributed by atoms with Gasteiger partial charge in [0.1, 0.15) is 6.29 Å². The monoisotopic (exact) mass is 386 g/mol. The number of nitrogens with two attached hydrogens (primary N) is 1. The first-order valence-electron chi connectivity index (χ1n) is 7.65. The quantitative estimate of drug-likeness (QED) is 0.451.